The summed E-state index contributed by atoms with van der Waals surface area (Å²) in [4.78, 5) is 22.6. The molecule has 138 valence electrons. The fourth-order valence-electron chi connectivity index (χ4n) is 2.50. The van der Waals surface area contributed by atoms with E-state index in [0.717, 1.165) is 6.42 Å². The lowest BCUT2D eigenvalue weighted by Crippen LogP contribution is -2.21. The van der Waals surface area contributed by atoms with E-state index in [1.807, 2.05) is 24.3 Å². The summed E-state index contributed by atoms with van der Waals surface area (Å²) in [6, 6.07) is 12.3. The molecular formula is C20H24N2O4. The quantitative estimate of drug-likeness (QED) is 0.580. The molecule has 0 saturated heterocycles. The van der Waals surface area contributed by atoms with Gasteiger partial charge in [-0.2, -0.15) is 0 Å². The molecule has 0 bridgehead atoms. The highest BCUT2D eigenvalue weighted by Gasteiger charge is 2.18. The lowest BCUT2D eigenvalue weighted by atomic mass is 9.82. The molecule has 6 nitrogen and oxygen atoms in total. The van der Waals surface area contributed by atoms with E-state index >= 15 is 0 Å². The number of nitrogens with one attached hydrogen (secondary N) is 1. The van der Waals surface area contributed by atoms with Crippen molar-refractivity contribution >= 4 is 17.3 Å². The van der Waals surface area contributed by atoms with Crippen molar-refractivity contribution in [2.24, 2.45) is 0 Å². The van der Waals surface area contributed by atoms with E-state index < -0.39 is 4.92 Å². The summed E-state index contributed by atoms with van der Waals surface area (Å²) in [5.74, 6) is 0.234. The SMILES string of the molecule is CCC(C)(C)c1ccc(OCC(=O)Nc2cccc([N+](=O)[O-])c2C)cc1. The molecule has 1 amide bonds. The average molecular weight is 356 g/mol. The first-order chi connectivity index (χ1) is 12.2. The Hall–Kier alpha value is -2.89. The van der Waals surface area contributed by atoms with E-state index in [1.165, 1.54) is 17.7 Å². The maximum absolute atomic E-state index is 12.1. The van der Waals surface area contributed by atoms with Gasteiger partial charge in [-0.25, -0.2) is 0 Å². The van der Waals surface area contributed by atoms with Crippen LogP contribution in [0.25, 0.3) is 0 Å². The number of carbonyl (C=O) groups is 1. The molecule has 0 aliphatic rings. The third-order valence-electron chi connectivity index (χ3n) is 4.67. The van der Waals surface area contributed by atoms with Gasteiger partial charge in [0, 0.05) is 6.07 Å². The zero-order chi connectivity index (χ0) is 19.3. The Labute approximate surface area is 153 Å². The van der Waals surface area contributed by atoms with E-state index in [2.05, 4.69) is 26.1 Å². The fourth-order valence-corrected chi connectivity index (χ4v) is 2.50. The number of nitrogens with zero attached hydrogens (tertiary/aromatic N) is 1. The molecule has 0 atom stereocenters. The molecule has 0 aliphatic carbocycles. The molecule has 26 heavy (non-hydrogen) atoms. The van der Waals surface area contributed by atoms with E-state index in [0.29, 0.717) is 17.0 Å². The molecule has 0 fully saturated rings. The number of hydrogen-bond acceptors (Lipinski definition) is 4. The van der Waals surface area contributed by atoms with Gasteiger partial charge in [0.15, 0.2) is 6.61 Å². The van der Waals surface area contributed by atoms with E-state index in [9.17, 15) is 14.9 Å². The minimum atomic E-state index is -0.471. The maximum Gasteiger partial charge on any atom is 0.274 e. The first kappa shape index (κ1) is 19.4. The smallest absolute Gasteiger partial charge is 0.274 e. The van der Waals surface area contributed by atoms with Crippen molar-refractivity contribution in [2.75, 3.05) is 11.9 Å². The van der Waals surface area contributed by atoms with Crippen LogP contribution >= 0.6 is 0 Å². The van der Waals surface area contributed by atoms with E-state index in [1.54, 1.807) is 13.0 Å². The number of hydrogen-bond donors (Lipinski definition) is 1. The summed E-state index contributed by atoms with van der Waals surface area (Å²) >= 11 is 0. The summed E-state index contributed by atoms with van der Waals surface area (Å²) in [7, 11) is 0. The topological polar surface area (TPSA) is 81.5 Å². The van der Waals surface area contributed by atoms with Gasteiger partial charge in [0.1, 0.15) is 5.75 Å². The zero-order valence-electron chi connectivity index (χ0n) is 15.5. The molecule has 0 unspecified atom stereocenters. The summed E-state index contributed by atoms with van der Waals surface area (Å²) in [5.41, 5.74) is 2.10. The Morgan fingerprint density at radius 3 is 2.42 bits per heavy atom. The first-order valence-electron chi connectivity index (χ1n) is 8.52. The Morgan fingerprint density at radius 1 is 1.19 bits per heavy atom. The average Bonchev–Trinajstić information content (AvgIpc) is 2.62. The van der Waals surface area contributed by atoms with Crippen LogP contribution in [0.15, 0.2) is 42.5 Å². The van der Waals surface area contributed by atoms with Crippen molar-refractivity contribution in [1.29, 1.82) is 0 Å². The largest absolute Gasteiger partial charge is 0.484 e. The molecule has 0 heterocycles. The Bertz CT molecular complexity index is 798. The maximum atomic E-state index is 12.1. The van der Waals surface area contributed by atoms with Gasteiger partial charge in [0.2, 0.25) is 0 Å². The van der Waals surface area contributed by atoms with Crippen molar-refractivity contribution in [3.8, 4) is 5.75 Å². The number of nitro groups is 1. The lowest BCUT2D eigenvalue weighted by Gasteiger charge is -2.23. The standard InChI is InChI=1S/C20H24N2O4/c1-5-20(3,4)15-9-11-16(12-10-15)26-13-19(23)21-17-7-6-8-18(14(17)2)22(24)25/h6-12H,5,13H2,1-4H3,(H,21,23). The first-order valence-corrected chi connectivity index (χ1v) is 8.52. The number of carbonyl (C=O) groups excluding carboxylic acids is 1. The van der Waals surface area contributed by atoms with Crippen LogP contribution in [-0.4, -0.2) is 17.4 Å². The molecular weight excluding hydrogens is 332 g/mol. The van der Waals surface area contributed by atoms with Gasteiger partial charge in [0.05, 0.1) is 16.2 Å². The van der Waals surface area contributed by atoms with Crippen LogP contribution in [0.3, 0.4) is 0 Å². The number of nitro benzene ring substituents is 1. The Kier molecular flexibility index (Phi) is 5.97. The third kappa shape index (κ3) is 4.59. The van der Waals surface area contributed by atoms with Gasteiger partial charge in [-0.15, -0.1) is 0 Å². The van der Waals surface area contributed by atoms with Gasteiger partial charge < -0.3 is 10.1 Å². The molecule has 2 aromatic rings. The highest BCUT2D eigenvalue weighted by Crippen LogP contribution is 2.28. The van der Waals surface area contributed by atoms with Crippen LogP contribution in [0.5, 0.6) is 5.75 Å². The van der Waals surface area contributed by atoms with Crippen LogP contribution in [0.2, 0.25) is 0 Å². The van der Waals surface area contributed by atoms with Gasteiger partial charge in [-0.1, -0.05) is 39.0 Å². The van der Waals surface area contributed by atoms with E-state index in [-0.39, 0.29) is 23.6 Å². The summed E-state index contributed by atoms with van der Waals surface area (Å²) in [6.45, 7) is 7.93. The van der Waals surface area contributed by atoms with Gasteiger partial charge in [-0.05, 0) is 42.5 Å². The second-order valence-electron chi connectivity index (χ2n) is 6.81. The van der Waals surface area contributed by atoms with Crippen molar-refractivity contribution in [2.45, 2.75) is 39.5 Å². The number of benzene rings is 2. The molecule has 6 heteroatoms. The number of amides is 1. The molecule has 0 aromatic heterocycles. The lowest BCUT2D eigenvalue weighted by molar-refractivity contribution is -0.385. The Balaban J connectivity index is 1.97. The summed E-state index contributed by atoms with van der Waals surface area (Å²) < 4.78 is 5.51. The summed E-state index contributed by atoms with van der Waals surface area (Å²) in [6.07, 6.45) is 1.03. The molecule has 2 aromatic carbocycles. The minimum absolute atomic E-state index is 0.0298. The Morgan fingerprint density at radius 2 is 1.85 bits per heavy atom. The van der Waals surface area contributed by atoms with Crippen molar-refractivity contribution in [3.05, 3.63) is 63.7 Å². The number of rotatable bonds is 7. The van der Waals surface area contributed by atoms with Crippen molar-refractivity contribution < 1.29 is 14.5 Å². The van der Waals surface area contributed by atoms with Crippen LogP contribution in [0.4, 0.5) is 11.4 Å². The molecule has 0 spiro atoms. The van der Waals surface area contributed by atoms with Crippen LogP contribution in [-0.2, 0) is 10.2 Å². The van der Waals surface area contributed by atoms with Crippen molar-refractivity contribution in [1.82, 2.24) is 0 Å². The van der Waals surface area contributed by atoms with Gasteiger partial charge in [0.25, 0.3) is 11.6 Å². The highest BCUT2D eigenvalue weighted by molar-refractivity contribution is 5.93. The van der Waals surface area contributed by atoms with Crippen LogP contribution in [0, 0.1) is 17.0 Å². The normalized spacial score (nSPS) is 11.1. The second kappa shape index (κ2) is 7.99. The molecule has 2 rings (SSSR count). The second-order valence-corrected chi connectivity index (χ2v) is 6.81. The van der Waals surface area contributed by atoms with Crippen molar-refractivity contribution in [3.63, 3.8) is 0 Å². The van der Waals surface area contributed by atoms with Crippen LogP contribution in [0.1, 0.15) is 38.3 Å². The minimum Gasteiger partial charge on any atom is -0.484 e. The highest BCUT2D eigenvalue weighted by atomic mass is 16.6. The predicted octanol–water partition coefficient (Wildman–Crippen LogP) is 4.61. The fraction of sp³-hybridized carbons (Fsp3) is 0.350. The van der Waals surface area contributed by atoms with Gasteiger partial charge >= 0.3 is 0 Å². The number of anilines is 1. The van der Waals surface area contributed by atoms with Crippen LogP contribution < -0.4 is 10.1 Å². The molecule has 0 radical (unpaired) electrons. The molecule has 1 N–H and O–H groups in total. The monoisotopic (exact) mass is 356 g/mol. The molecule has 0 saturated carbocycles. The predicted molar refractivity (Wildman–Crippen MR) is 102 cm³/mol. The molecule has 0 aliphatic heterocycles. The third-order valence-corrected chi connectivity index (χ3v) is 4.67. The van der Waals surface area contributed by atoms with Gasteiger partial charge in [-0.3, -0.25) is 14.9 Å². The zero-order valence-corrected chi connectivity index (χ0v) is 15.5. The number of ether oxygens (including phenoxy) is 1. The van der Waals surface area contributed by atoms with E-state index in [4.69, 9.17) is 4.74 Å². The summed E-state index contributed by atoms with van der Waals surface area (Å²) in [5, 5.41) is 13.6.